The van der Waals surface area contributed by atoms with Crippen molar-refractivity contribution in [1.82, 2.24) is 0 Å². The number of ether oxygens (including phenoxy) is 1. The molecule has 0 radical (unpaired) electrons. The van der Waals surface area contributed by atoms with Crippen LogP contribution in [0.2, 0.25) is 0 Å². The Hall–Kier alpha value is -0.560. The predicted octanol–water partition coefficient (Wildman–Crippen LogP) is 2.60. The molecule has 2 N–H and O–H groups in total. The van der Waals surface area contributed by atoms with Gasteiger partial charge in [0.05, 0.1) is 13.2 Å². The van der Waals surface area contributed by atoms with Gasteiger partial charge in [-0.05, 0) is 38.5 Å². The second-order valence-electron chi connectivity index (χ2n) is 6.52. The number of aliphatic hydroxyl groups excluding tert-OH is 1. The van der Waals surface area contributed by atoms with Gasteiger partial charge in [-0.25, -0.2) is 0 Å². The SMILES string of the molecule is CC(C)CC(C)(O)C#CC(C)(CC(C)C)OCCO. The van der Waals surface area contributed by atoms with Crippen LogP contribution in [0.25, 0.3) is 0 Å². The minimum atomic E-state index is -0.991. The van der Waals surface area contributed by atoms with Crippen LogP contribution < -0.4 is 0 Å². The molecule has 3 nitrogen and oxygen atoms in total. The molecular weight excluding hydrogens is 240 g/mol. The summed E-state index contributed by atoms with van der Waals surface area (Å²) in [5, 5.41) is 19.1. The minimum Gasteiger partial charge on any atom is -0.394 e. The first kappa shape index (κ1) is 18.4. The molecule has 0 amide bonds. The van der Waals surface area contributed by atoms with Crippen molar-refractivity contribution in [3.05, 3.63) is 0 Å². The van der Waals surface area contributed by atoms with Crippen LogP contribution >= 0.6 is 0 Å². The van der Waals surface area contributed by atoms with E-state index in [4.69, 9.17) is 9.84 Å². The largest absolute Gasteiger partial charge is 0.394 e. The molecule has 0 fully saturated rings. The van der Waals surface area contributed by atoms with Gasteiger partial charge in [-0.15, -0.1) is 0 Å². The topological polar surface area (TPSA) is 49.7 Å². The van der Waals surface area contributed by atoms with Crippen LogP contribution in [0.5, 0.6) is 0 Å². The lowest BCUT2D eigenvalue weighted by Gasteiger charge is -2.27. The summed E-state index contributed by atoms with van der Waals surface area (Å²) in [7, 11) is 0. The molecule has 0 rings (SSSR count). The van der Waals surface area contributed by atoms with E-state index in [9.17, 15) is 5.11 Å². The molecule has 2 unspecified atom stereocenters. The maximum absolute atomic E-state index is 10.2. The lowest BCUT2D eigenvalue weighted by Crippen LogP contribution is -2.32. The van der Waals surface area contributed by atoms with Gasteiger partial charge in [0, 0.05) is 0 Å². The summed E-state index contributed by atoms with van der Waals surface area (Å²) >= 11 is 0. The molecule has 0 heterocycles. The molecule has 3 heteroatoms. The van der Waals surface area contributed by atoms with Gasteiger partial charge in [0.2, 0.25) is 0 Å². The van der Waals surface area contributed by atoms with E-state index in [2.05, 4.69) is 39.5 Å². The van der Waals surface area contributed by atoms with E-state index >= 15 is 0 Å². The number of hydrogen-bond donors (Lipinski definition) is 2. The zero-order chi connectivity index (χ0) is 15.1. The molecule has 0 aromatic carbocycles. The normalized spacial score (nSPS) is 17.8. The van der Waals surface area contributed by atoms with Crippen LogP contribution in [0, 0.1) is 23.7 Å². The van der Waals surface area contributed by atoms with Crippen LogP contribution in [-0.4, -0.2) is 34.6 Å². The first-order valence-corrected chi connectivity index (χ1v) is 7.12. The first-order valence-electron chi connectivity index (χ1n) is 7.12. The maximum atomic E-state index is 10.2. The highest BCUT2D eigenvalue weighted by Crippen LogP contribution is 2.22. The summed E-state index contributed by atoms with van der Waals surface area (Å²) in [5.41, 5.74) is -1.60. The van der Waals surface area contributed by atoms with Gasteiger partial charge in [0.15, 0.2) is 0 Å². The van der Waals surface area contributed by atoms with Crippen molar-refractivity contribution >= 4 is 0 Å². The maximum Gasteiger partial charge on any atom is 0.126 e. The van der Waals surface area contributed by atoms with Gasteiger partial charge >= 0.3 is 0 Å². The van der Waals surface area contributed by atoms with Crippen LogP contribution in [0.15, 0.2) is 0 Å². The first-order chi connectivity index (χ1) is 8.60. The summed E-state index contributed by atoms with van der Waals surface area (Å²) in [5.74, 6) is 6.84. The van der Waals surface area contributed by atoms with Crippen molar-refractivity contribution in [3.63, 3.8) is 0 Å². The zero-order valence-corrected chi connectivity index (χ0v) is 13.3. The second-order valence-corrected chi connectivity index (χ2v) is 6.52. The predicted molar refractivity (Wildman–Crippen MR) is 78.8 cm³/mol. The Bertz CT molecular complexity index is 310. The lowest BCUT2D eigenvalue weighted by molar-refractivity contribution is -0.0186. The van der Waals surface area contributed by atoms with Crippen LogP contribution in [0.3, 0.4) is 0 Å². The minimum absolute atomic E-state index is 0.0161. The highest BCUT2D eigenvalue weighted by molar-refractivity contribution is 5.20. The molecule has 0 spiro atoms. The van der Waals surface area contributed by atoms with Gasteiger partial charge in [0.1, 0.15) is 11.2 Å². The van der Waals surface area contributed by atoms with E-state index in [1.165, 1.54) is 0 Å². The zero-order valence-electron chi connectivity index (χ0n) is 13.3. The van der Waals surface area contributed by atoms with E-state index in [0.29, 0.717) is 18.3 Å². The van der Waals surface area contributed by atoms with E-state index in [-0.39, 0.29) is 13.2 Å². The van der Waals surface area contributed by atoms with E-state index < -0.39 is 11.2 Å². The van der Waals surface area contributed by atoms with Gasteiger partial charge in [0.25, 0.3) is 0 Å². The molecule has 0 bridgehead atoms. The molecule has 0 aliphatic carbocycles. The van der Waals surface area contributed by atoms with Crippen molar-refractivity contribution in [2.24, 2.45) is 11.8 Å². The molecule has 19 heavy (non-hydrogen) atoms. The third kappa shape index (κ3) is 9.04. The Kier molecular flexibility index (Phi) is 7.66. The van der Waals surface area contributed by atoms with Crippen molar-refractivity contribution < 1.29 is 14.9 Å². The molecular formula is C16H30O3. The molecule has 0 saturated heterocycles. The number of hydrogen-bond acceptors (Lipinski definition) is 3. The summed E-state index contributed by atoms with van der Waals surface area (Å²) in [6, 6.07) is 0. The van der Waals surface area contributed by atoms with Gasteiger partial charge in [-0.3, -0.25) is 0 Å². The summed E-state index contributed by atoms with van der Waals surface area (Å²) in [6.45, 7) is 12.2. The molecule has 0 aromatic rings. The Morgan fingerprint density at radius 2 is 1.53 bits per heavy atom. The molecule has 0 saturated carbocycles. The Labute approximate surface area is 118 Å². The number of rotatable bonds is 7. The number of aliphatic hydroxyl groups is 2. The van der Waals surface area contributed by atoms with E-state index in [1.54, 1.807) is 6.92 Å². The standard InChI is InChI=1S/C16H30O3/c1-13(2)11-15(5,18)7-8-16(6,12-14(3)4)19-10-9-17/h13-14,17-18H,9-12H2,1-6H3. The van der Waals surface area contributed by atoms with Crippen LogP contribution in [-0.2, 0) is 4.74 Å². The van der Waals surface area contributed by atoms with Gasteiger partial charge < -0.3 is 14.9 Å². The molecule has 0 aliphatic heterocycles. The Balaban J connectivity index is 4.90. The van der Waals surface area contributed by atoms with Crippen molar-refractivity contribution in [2.45, 2.75) is 65.6 Å². The Morgan fingerprint density at radius 1 is 1.00 bits per heavy atom. The monoisotopic (exact) mass is 270 g/mol. The van der Waals surface area contributed by atoms with E-state index in [1.807, 2.05) is 6.92 Å². The summed E-state index contributed by atoms with van der Waals surface area (Å²) in [6.07, 6.45) is 1.41. The lowest BCUT2D eigenvalue weighted by atomic mass is 9.91. The molecule has 112 valence electrons. The average Bonchev–Trinajstić information content (AvgIpc) is 2.21. The average molecular weight is 270 g/mol. The van der Waals surface area contributed by atoms with Crippen LogP contribution in [0.1, 0.15) is 54.4 Å². The van der Waals surface area contributed by atoms with Crippen molar-refractivity contribution in [3.8, 4) is 11.8 Å². The third-order valence-corrected chi connectivity index (χ3v) is 2.71. The molecule has 2 atom stereocenters. The highest BCUT2D eigenvalue weighted by Gasteiger charge is 2.26. The Morgan fingerprint density at radius 3 is 1.95 bits per heavy atom. The third-order valence-electron chi connectivity index (χ3n) is 2.71. The van der Waals surface area contributed by atoms with Crippen molar-refractivity contribution in [1.29, 1.82) is 0 Å². The van der Waals surface area contributed by atoms with Gasteiger partial charge in [-0.1, -0.05) is 39.5 Å². The van der Waals surface area contributed by atoms with Crippen molar-refractivity contribution in [2.75, 3.05) is 13.2 Å². The second kappa shape index (κ2) is 7.89. The van der Waals surface area contributed by atoms with Gasteiger partial charge in [-0.2, -0.15) is 0 Å². The quantitative estimate of drug-likeness (QED) is 0.699. The molecule has 0 aromatic heterocycles. The molecule has 0 aliphatic rings. The smallest absolute Gasteiger partial charge is 0.126 e. The summed E-state index contributed by atoms with van der Waals surface area (Å²) < 4.78 is 5.66. The van der Waals surface area contributed by atoms with E-state index in [0.717, 1.165) is 6.42 Å². The fourth-order valence-corrected chi connectivity index (χ4v) is 2.31. The fourth-order valence-electron chi connectivity index (χ4n) is 2.31. The fraction of sp³-hybridized carbons (Fsp3) is 0.875. The van der Waals surface area contributed by atoms with Crippen LogP contribution in [0.4, 0.5) is 0 Å². The highest BCUT2D eigenvalue weighted by atomic mass is 16.5. The summed E-state index contributed by atoms with van der Waals surface area (Å²) in [4.78, 5) is 0.